The minimum atomic E-state index is -0.840. The summed E-state index contributed by atoms with van der Waals surface area (Å²) in [4.78, 5) is 24.0. The maximum Gasteiger partial charge on any atom is 0.325 e. The lowest BCUT2D eigenvalue weighted by atomic mass is 10.2. The van der Waals surface area contributed by atoms with Crippen LogP contribution < -0.4 is 15.4 Å². The Morgan fingerprint density at radius 3 is 2.41 bits per heavy atom. The van der Waals surface area contributed by atoms with Gasteiger partial charge in [-0.3, -0.25) is 9.59 Å². The van der Waals surface area contributed by atoms with E-state index in [1.54, 1.807) is 38.3 Å². The van der Waals surface area contributed by atoms with Crippen LogP contribution in [0.1, 0.15) is 12.5 Å². The molecule has 2 aromatic rings. The van der Waals surface area contributed by atoms with Crippen LogP contribution in [0.15, 0.2) is 54.6 Å². The van der Waals surface area contributed by atoms with Crippen LogP contribution in [0.25, 0.3) is 0 Å². The highest BCUT2D eigenvalue weighted by atomic mass is 16.5. The number of nitrogens with one attached hydrogen (secondary N) is 2. The zero-order valence-corrected chi connectivity index (χ0v) is 15.3. The Balaban J connectivity index is 2.12. The summed E-state index contributed by atoms with van der Waals surface area (Å²) in [5.41, 5.74) is 1.49. The van der Waals surface area contributed by atoms with E-state index in [0.29, 0.717) is 11.4 Å². The van der Waals surface area contributed by atoms with Crippen LogP contribution in [-0.4, -0.2) is 38.2 Å². The fraction of sp³-hybridized carbons (Fsp3) is 0.238. The van der Waals surface area contributed by atoms with Crippen molar-refractivity contribution in [3.63, 3.8) is 0 Å². The fourth-order valence-electron chi connectivity index (χ4n) is 2.17. The summed E-state index contributed by atoms with van der Waals surface area (Å²) in [6, 6.07) is 15.6. The number of hydrogen-bond donors (Lipinski definition) is 2. The Hall–Kier alpha value is -3.46. The average molecular weight is 366 g/mol. The molecule has 2 aromatic carbocycles. The molecule has 140 valence electrons. The van der Waals surface area contributed by atoms with Crippen molar-refractivity contribution >= 4 is 17.6 Å². The molecule has 0 aliphatic carbocycles. The summed E-state index contributed by atoms with van der Waals surface area (Å²) in [6.45, 7) is 1.76. The van der Waals surface area contributed by atoms with Gasteiger partial charge in [0.15, 0.2) is 6.04 Å². The van der Waals surface area contributed by atoms with Crippen LogP contribution in [0, 0.1) is 11.8 Å². The third-order valence-corrected chi connectivity index (χ3v) is 3.51. The van der Waals surface area contributed by atoms with Crippen LogP contribution in [-0.2, 0) is 14.3 Å². The molecule has 0 aromatic heterocycles. The molecule has 27 heavy (non-hydrogen) atoms. The third kappa shape index (κ3) is 6.75. The second kappa shape index (κ2) is 10.5. The van der Waals surface area contributed by atoms with Crippen molar-refractivity contribution in [1.82, 2.24) is 5.32 Å². The number of carbonyl (C=O) groups is 2. The van der Waals surface area contributed by atoms with Crippen molar-refractivity contribution in [2.45, 2.75) is 13.0 Å². The summed E-state index contributed by atoms with van der Waals surface area (Å²) in [7, 11) is 1.58. The van der Waals surface area contributed by atoms with Gasteiger partial charge in [-0.05, 0) is 43.3 Å². The van der Waals surface area contributed by atoms with E-state index >= 15 is 0 Å². The third-order valence-electron chi connectivity index (χ3n) is 3.51. The molecule has 6 heteroatoms. The minimum Gasteiger partial charge on any atom is -0.497 e. The molecule has 0 radical (unpaired) electrons. The van der Waals surface area contributed by atoms with E-state index in [0.717, 1.165) is 5.56 Å². The Labute approximate surface area is 158 Å². The quantitative estimate of drug-likeness (QED) is 0.580. The first-order valence-electron chi connectivity index (χ1n) is 8.53. The summed E-state index contributed by atoms with van der Waals surface area (Å²) in [5, 5.41) is 5.61. The molecule has 0 unspecified atom stereocenters. The SMILES string of the molecule is CCOC(=O)CNC(=O)[C@H](C#Cc1ccccc1)Nc1ccc(OC)cc1. The smallest absolute Gasteiger partial charge is 0.325 e. The molecule has 0 aliphatic heterocycles. The first-order chi connectivity index (χ1) is 13.1. The number of rotatable bonds is 7. The summed E-state index contributed by atoms with van der Waals surface area (Å²) >= 11 is 0. The lowest BCUT2D eigenvalue weighted by molar-refractivity contribution is -0.143. The highest BCUT2D eigenvalue weighted by molar-refractivity contribution is 5.90. The Bertz CT molecular complexity index is 808. The second-order valence-corrected chi connectivity index (χ2v) is 5.46. The normalized spacial score (nSPS) is 10.7. The molecular weight excluding hydrogens is 344 g/mol. The predicted octanol–water partition coefficient (Wildman–Crippen LogP) is 2.21. The molecule has 0 saturated carbocycles. The van der Waals surface area contributed by atoms with Gasteiger partial charge in [-0.1, -0.05) is 30.0 Å². The molecule has 0 aliphatic rings. The van der Waals surface area contributed by atoms with Gasteiger partial charge in [0.2, 0.25) is 0 Å². The van der Waals surface area contributed by atoms with Crippen molar-refractivity contribution in [2.75, 3.05) is 25.6 Å². The number of carbonyl (C=O) groups excluding carboxylic acids is 2. The summed E-state index contributed by atoms with van der Waals surface area (Å²) in [5.74, 6) is 5.68. The highest BCUT2D eigenvalue weighted by Gasteiger charge is 2.17. The summed E-state index contributed by atoms with van der Waals surface area (Å²) in [6.07, 6.45) is 0. The fourth-order valence-corrected chi connectivity index (χ4v) is 2.17. The number of hydrogen-bond acceptors (Lipinski definition) is 5. The first kappa shape index (κ1) is 19.9. The van der Waals surface area contributed by atoms with Gasteiger partial charge in [0.25, 0.3) is 5.91 Å². The largest absolute Gasteiger partial charge is 0.497 e. The van der Waals surface area contributed by atoms with E-state index in [4.69, 9.17) is 9.47 Å². The van der Waals surface area contributed by atoms with Gasteiger partial charge >= 0.3 is 5.97 Å². The van der Waals surface area contributed by atoms with Crippen molar-refractivity contribution in [1.29, 1.82) is 0 Å². The Morgan fingerprint density at radius 2 is 1.78 bits per heavy atom. The molecule has 2 rings (SSSR count). The number of anilines is 1. The minimum absolute atomic E-state index is 0.208. The van der Waals surface area contributed by atoms with E-state index < -0.39 is 17.9 Å². The maximum atomic E-state index is 12.5. The van der Waals surface area contributed by atoms with E-state index in [1.165, 1.54) is 0 Å². The molecule has 0 spiro atoms. The van der Waals surface area contributed by atoms with Gasteiger partial charge in [-0.2, -0.15) is 0 Å². The number of esters is 1. The number of ether oxygens (including phenoxy) is 2. The first-order valence-corrected chi connectivity index (χ1v) is 8.53. The molecule has 0 saturated heterocycles. The average Bonchev–Trinajstić information content (AvgIpc) is 2.70. The molecule has 0 bridgehead atoms. The van der Waals surface area contributed by atoms with E-state index in [9.17, 15) is 9.59 Å². The predicted molar refractivity (Wildman–Crippen MR) is 103 cm³/mol. The van der Waals surface area contributed by atoms with Crippen LogP contribution >= 0.6 is 0 Å². The molecular formula is C21H22N2O4. The molecule has 2 N–H and O–H groups in total. The lowest BCUT2D eigenvalue weighted by Gasteiger charge is -2.15. The van der Waals surface area contributed by atoms with Gasteiger partial charge in [-0.25, -0.2) is 0 Å². The molecule has 6 nitrogen and oxygen atoms in total. The Kier molecular flexibility index (Phi) is 7.73. The van der Waals surface area contributed by atoms with Crippen LogP contribution in [0.5, 0.6) is 5.75 Å². The van der Waals surface area contributed by atoms with Crippen molar-refractivity contribution < 1.29 is 19.1 Å². The molecule has 1 atom stereocenters. The van der Waals surface area contributed by atoms with Gasteiger partial charge in [-0.15, -0.1) is 0 Å². The van der Waals surface area contributed by atoms with Crippen LogP contribution in [0.2, 0.25) is 0 Å². The standard InChI is InChI=1S/C21H22N2O4/c1-3-27-20(24)15-22-21(25)19(14-9-16-7-5-4-6-8-16)23-17-10-12-18(26-2)13-11-17/h4-8,10-13,19,23H,3,15H2,1-2H3,(H,22,25)/t19-/m0/s1. The number of amides is 1. The number of benzene rings is 2. The summed E-state index contributed by atoms with van der Waals surface area (Å²) < 4.78 is 9.95. The van der Waals surface area contributed by atoms with Crippen molar-refractivity contribution in [3.05, 3.63) is 60.2 Å². The zero-order valence-electron chi connectivity index (χ0n) is 15.3. The van der Waals surface area contributed by atoms with Crippen molar-refractivity contribution in [3.8, 4) is 17.6 Å². The van der Waals surface area contributed by atoms with Crippen molar-refractivity contribution in [2.24, 2.45) is 0 Å². The van der Waals surface area contributed by atoms with E-state index in [2.05, 4.69) is 22.5 Å². The topological polar surface area (TPSA) is 76.7 Å². The Morgan fingerprint density at radius 1 is 1.07 bits per heavy atom. The monoisotopic (exact) mass is 366 g/mol. The van der Waals surface area contributed by atoms with E-state index in [1.807, 2.05) is 30.3 Å². The lowest BCUT2D eigenvalue weighted by Crippen LogP contribution is -2.41. The molecule has 1 amide bonds. The van der Waals surface area contributed by atoms with Gasteiger partial charge < -0.3 is 20.1 Å². The van der Waals surface area contributed by atoms with Crippen LogP contribution in [0.3, 0.4) is 0 Å². The maximum absolute atomic E-state index is 12.5. The van der Waals surface area contributed by atoms with E-state index in [-0.39, 0.29) is 13.2 Å². The van der Waals surface area contributed by atoms with Gasteiger partial charge in [0.1, 0.15) is 12.3 Å². The number of methoxy groups -OCH3 is 1. The molecule has 0 fully saturated rings. The van der Waals surface area contributed by atoms with Gasteiger partial charge in [0.05, 0.1) is 13.7 Å². The highest BCUT2D eigenvalue weighted by Crippen LogP contribution is 2.15. The zero-order chi connectivity index (χ0) is 19.5. The van der Waals surface area contributed by atoms with Gasteiger partial charge in [0, 0.05) is 11.3 Å². The van der Waals surface area contributed by atoms with Crippen LogP contribution in [0.4, 0.5) is 5.69 Å². The second-order valence-electron chi connectivity index (χ2n) is 5.46. The molecule has 0 heterocycles.